The fraction of sp³-hybridized carbons (Fsp3) is 0.800. The van der Waals surface area contributed by atoms with Crippen molar-refractivity contribution in [2.24, 2.45) is 0 Å². The Balaban J connectivity index is 0.000000286. The minimum Gasteiger partial charge on any atom is -0.478 e. The second-order valence-electron chi connectivity index (χ2n) is 6.41. The van der Waals surface area contributed by atoms with Gasteiger partial charge in [0.05, 0.1) is 18.3 Å². The van der Waals surface area contributed by atoms with E-state index in [2.05, 4.69) is 20.4 Å². The summed E-state index contributed by atoms with van der Waals surface area (Å²) in [6, 6.07) is 0. The van der Waals surface area contributed by atoms with Gasteiger partial charge in [-0.05, 0) is 47.5 Å². The number of aliphatic carboxylic acids is 1. The van der Waals surface area contributed by atoms with Crippen LogP contribution in [-0.2, 0) is 19.0 Å². The van der Waals surface area contributed by atoms with Gasteiger partial charge in [-0.15, -0.1) is 0 Å². The molecule has 0 aromatic rings. The van der Waals surface area contributed by atoms with Crippen LogP contribution in [0.15, 0.2) is 12.2 Å². The van der Waals surface area contributed by atoms with Gasteiger partial charge in [-0.2, -0.15) is 0 Å². The molecule has 20 heavy (non-hydrogen) atoms. The van der Waals surface area contributed by atoms with Gasteiger partial charge in [-0.1, -0.05) is 6.58 Å². The number of carboxylic acids is 1. The summed E-state index contributed by atoms with van der Waals surface area (Å²) in [5, 5.41) is 7.89. The first-order valence-electron chi connectivity index (χ1n) is 6.91. The standard InChI is InChI=1S/C11H20O3.C4H6O2/c1-10(2)6-5-8(13-10)9-7-12-11(3,4)14-9;1-3(2)4(5)6/h8-9H,5-7H2,1-4H3;1H2,2H3,(H,5,6). The van der Waals surface area contributed by atoms with Gasteiger partial charge >= 0.3 is 5.97 Å². The minimum atomic E-state index is -0.935. The third-order valence-corrected chi connectivity index (χ3v) is 3.31. The van der Waals surface area contributed by atoms with Crippen molar-refractivity contribution in [3.63, 3.8) is 0 Å². The van der Waals surface area contributed by atoms with Crippen LogP contribution in [0.4, 0.5) is 0 Å². The molecule has 0 saturated carbocycles. The molecule has 2 atom stereocenters. The van der Waals surface area contributed by atoms with Crippen molar-refractivity contribution in [2.75, 3.05) is 6.61 Å². The van der Waals surface area contributed by atoms with Crippen LogP contribution in [0, 0.1) is 0 Å². The van der Waals surface area contributed by atoms with E-state index in [1.807, 2.05) is 13.8 Å². The van der Waals surface area contributed by atoms with Crippen molar-refractivity contribution in [1.82, 2.24) is 0 Å². The van der Waals surface area contributed by atoms with Crippen molar-refractivity contribution in [3.8, 4) is 0 Å². The van der Waals surface area contributed by atoms with Crippen LogP contribution in [0.2, 0.25) is 0 Å². The molecular weight excluding hydrogens is 260 g/mol. The molecule has 2 aliphatic heterocycles. The lowest BCUT2D eigenvalue weighted by Gasteiger charge is -2.23. The highest BCUT2D eigenvalue weighted by atomic mass is 16.7. The smallest absolute Gasteiger partial charge is 0.330 e. The lowest BCUT2D eigenvalue weighted by molar-refractivity contribution is -0.159. The Labute approximate surface area is 120 Å². The van der Waals surface area contributed by atoms with Crippen LogP contribution in [0.25, 0.3) is 0 Å². The van der Waals surface area contributed by atoms with Gasteiger partial charge in [0.2, 0.25) is 0 Å². The average Bonchev–Trinajstić information content (AvgIpc) is 2.82. The van der Waals surface area contributed by atoms with E-state index >= 15 is 0 Å². The molecule has 0 bridgehead atoms. The van der Waals surface area contributed by atoms with E-state index in [0.717, 1.165) is 12.8 Å². The predicted molar refractivity (Wildman–Crippen MR) is 75.5 cm³/mol. The summed E-state index contributed by atoms with van der Waals surface area (Å²) in [6.07, 6.45) is 2.52. The molecule has 2 saturated heterocycles. The number of carbonyl (C=O) groups is 1. The minimum absolute atomic E-state index is 0.0146. The fourth-order valence-corrected chi connectivity index (χ4v) is 2.18. The first-order chi connectivity index (χ1) is 9.02. The molecule has 1 N–H and O–H groups in total. The van der Waals surface area contributed by atoms with Crippen molar-refractivity contribution in [2.45, 2.75) is 71.1 Å². The lowest BCUT2D eigenvalue weighted by Crippen LogP contribution is -2.32. The number of carboxylic acid groups (broad SMARTS) is 1. The second-order valence-corrected chi connectivity index (χ2v) is 6.41. The third kappa shape index (κ3) is 5.23. The van der Waals surface area contributed by atoms with Gasteiger partial charge in [-0.25, -0.2) is 4.79 Å². The molecule has 2 aliphatic rings. The zero-order chi connectivity index (χ0) is 15.6. The highest BCUT2D eigenvalue weighted by molar-refractivity contribution is 5.84. The van der Waals surface area contributed by atoms with E-state index in [1.54, 1.807) is 0 Å². The summed E-state index contributed by atoms with van der Waals surface area (Å²) in [6.45, 7) is 13.4. The van der Waals surface area contributed by atoms with E-state index in [1.165, 1.54) is 6.92 Å². The summed E-state index contributed by atoms with van der Waals surface area (Å²) >= 11 is 0. The topological polar surface area (TPSA) is 65.0 Å². The highest BCUT2D eigenvalue weighted by Crippen LogP contribution is 2.35. The Kier molecular flexibility index (Phi) is 5.35. The number of hydrogen-bond donors (Lipinski definition) is 1. The average molecular weight is 286 g/mol. The molecular formula is C15H26O5. The molecule has 0 aromatic carbocycles. The molecule has 2 fully saturated rings. The maximum atomic E-state index is 9.60. The zero-order valence-electron chi connectivity index (χ0n) is 13.1. The van der Waals surface area contributed by atoms with Crippen molar-refractivity contribution in [1.29, 1.82) is 0 Å². The van der Waals surface area contributed by atoms with Gasteiger partial charge < -0.3 is 19.3 Å². The molecule has 116 valence electrons. The predicted octanol–water partition coefficient (Wildman–Crippen LogP) is 2.74. The van der Waals surface area contributed by atoms with Gasteiger partial charge in [-0.3, -0.25) is 0 Å². The van der Waals surface area contributed by atoms with Gasteiger partial charge in [0.15, 0.2) is 5.79 Å². The largest absolute Gasteiger partial charge is 0.478 e. The normalized spacial score (nSPS) is 30.4. The Morgan fingerprint density at radius 3 is 2.05 bits per heavy atom. The molecule has 2 heterocycles. The van der Waals surface area contributed by atoms with Crippen molar-refractivity contribution in [3.05, 3.63) is 12.2 Å². The van der Waals surface area contributed by atoms with E-state index in [4.69, 9.17) is 19.3 Å². The summed E-state index contributed by atoms with van der Waals surface area (Å²) in [5.74, 6) is -1.36. The highest BCUT2D eigenvalue weighted by Gasteiger charge is 2.43. The molecule has 0 amide bonds. The Hall–Kier alpha value is -0.910. The van der Waals surface area contributed by atoms with E-state index < -0.39 is 11.8 Å². The summed E-state index contributed by atoms with van der Waals surface area (Å²) < 4.78 is 17.2. The van der Waals surface area contributed by atoms with Crippen LogP contribution < -0.4 is 0 Å². The first kappa shape index (κ1) is 17.1. The van der Waals surface area contributed by atoms with Crippen molar-refractivity contribution < 1.29 is 24.1 Å². The monoisotopic (exact) mass is 286 g/mol. The lowest BCUT2D eigenvalue weighted by atomic mass is 10.0. The van der Waals surface area contributed by atoms with Crippen LogP contribution in [-0.4, -0.2) is 41.3 Å². The maximum Gasteiger partial charge on any atom is 0.330 e. The van der Waals surface area contributed by atoms with E-state index in [0.29, 0.717) is 6.61 Å². The second kappa shape index (κ2) is 6.24. The van der Waals surface area contributed by atoms with Crippen molar-refractivity contribution >= 4 is 5.97 Å². The molecule has 0 radical (unpaired) electrons. The van der Waals surface area contributed by atoms with Crippen LogP contribution >= 0.6 is 0 Å². The molecule has 0 spiro atoms. The Morgan fingerprint density at radius 1 is 1.20 bits per heavy atom. The summed E-state index contributed by atoms with van der Waals surface area (Å²) in [7, 11) is 0. The summed E-state index contributed by atoms with van der Waals surface area (Å²) in [4.78, 5) is 9.60. The quantitative estimate of drug-likeness (QED) is 0.791. The van der Waals surface area contributed by atoms with Gasteiger partial charge in [0, 0.05) is 5.57 Å². The maximum absolute atomic E-state index is 9.60. The van der Waals surface area contributed by atoms with E-state index in [-0.39, 0.29) is 23.4 Å². The molecule has 5 nitrogen and oxygen atoms in total. The van der Waals surface area contributed by atoms with Gasteiger partial charge in [0.1, 0.15) is 6.10 Å². The van der Waals surface area contributed by atoms with Gasteiger partial charge in [0.25, 0.3) is 0 Å². The SMILES string of the molecule is C=C(C)C(=O)O.CC1(C)CCC(C2COC(C)(C)O2)O1. The first-order valence-corrected chi connectivity index (χ1v) is 6.91. The van der Waals surface area contributed by atoms with Crippen LogP contribution in [0.3, 0.4) is 0 Å². The number of ether oxygens (including phenoxy) is 3. The molecule has 2 unspecified atom stereocenters. The zero-order valence-corrected chi connectivity index (χ0v) is 13.1. The molecule has 0 aromatic heterocycles. The van der Waals surface area contributed by atoms with Crippen LogP contribution in [0.1, 0.15) is 47.5 Å². The Morgan fingerprint density at radius 2 is 1.75 bits per heavy atom. The fourth-order valence-electron chi connectivity index (χ4n) is 2.18. The number of rotatable bonds is 2. The molecule has 0 aliphatic carbocycles. The molecule has 5 heteroatoms. The summed E-state index contributed by atoms with van der Waals surface area (Å²) in [5.41, 5.74) is 0.191. The number of hydrogen-bond acceptors (Lipinski definition) is 4. The molecule has 2 rings (SSSR count). The Bertz CT molecular complexity index is 336. The third-order valence-electron chi connectivity index (χ3n) is 3.31. The van der Waals surface area contributed by atoms with E-state index in [9.17, 15) is 4.79 Å². The van der Waals surface area contributed by atoms with Crippen LogP contribution in [0.5, 0.6) is 0 Å².